The highest BCUT2D eigenvalue weighted by atomic mass is 79.9. The molecule has 0 aliphatic carbocycles. The molecule has 2 rings (SSSR count). The predicted molar refractivity (Wildman–Crippen MR) is 72.7 cm³/mol. The molecule has 1 aromatic heterocycles. The molecule has 0 saturated heterocycles. The Bertz CT molecular complexity index is 493. The van der Waals surface area contributed by atoms with E-state index in [4.69, 9.17) is 5.73 Å². The molecule has 0 radical (unpaired) electrons. The number of hydrogen-bond acceptors (Lipinski definition) is 2. The van der Waals surface area contributed by atoms with E-state index in [1.165, 1.54) is 5.56 Å². The highest BCUT2D eigenvalue weighted by Gasteiger charge is 2.10. The van der Waals surface area contributed by atoms with Gasteiger partial charge in [-0.15, -0.1) is 0 Å². The van der Waals surface area contributed by atoms with Gasteiger partial charge in [-0.1, -0.05) is 34.1 Å². The van der Waals surface area contributed by atoms with Gasteiger partial charge >= 0.3 is 0 Å². The largest absolute Gasteiger partial charge is 0.324 e. The van der Waals surface area contributed by atoms with E-state index < -0.39 is 0 Å². The second kappa shape index (κ2) is 5.47. The molecule has 2 N–H and O–H groups in total. The maximum atomic E-state index is 6.19. The lowest BCUT2D eigenvalue weighted by Crippen LogP contribution is -2.13. The van der Waals surface area contributed by atoms with Crippen LogP contribution < -0.4 is 5.73 Å². The summed E-state index contributed by atoms with van der Waals surface area (Å²) in [7, 11) is 0. The Morgan fingerprint density at radius 1 is 1.41 bits per heavy atom. The molecule has 0 aliphatic rings. The van der Waals surface area contributed by atoms with Crippen molar-refractivity contribution in [2.24, 2.45) is 5.73 Å². The molecular formula is C13H16BrN3. The summed E-state index contributed by atoms with van der Waals surface area (Å²) in [5.74, 6) is 0. The second-order valence-corrected chi connectivity index (χ2v) is 4.89. The van der Waals surface area contributed by atoms with Crippen molar-refractivity contribution < 1.29 is 0 Å². The summed E-state index contributed by atoms with van der Waals surface area (Å²) in [6.45, 7) is 2.94. The van der Waals surface area contributed by atoms with Crippen LogP contribution in [0.1, 0.15) is 24.1 Å². The lowest BCUT2D eigenvalue weighted by molar-refractivity contribution is 0.655. The van der Waals surface area contributed by atoms with Crippen molar-refractivity contribution in [3.63, 3.8) is 0 Å². The van der Waals surface area contributed by atoms with Gasteiger partial charge in [-0.05, 0) is 25.0 Å². The van der Waals surface area contributed by atoms with Crippen LogP contribution in [0.4, 0.5) is 0 Å². The summed E-state index contributed by atoms with van der Waals surface area (Å²) in [6.07, 6.45) is 4.68. The first-order valence-corrected chi connectivity index (χ1v) is 6.51. The smallest absolute Gasteiger partial charge is 0.0537 e. The molecular weight excluding hydrogens is 278 g/mol. The average Bonchev–Trinajstić information content (AvgIpc) is 2.81. The summed E-state index contributed by atoms with van der Waals surface area (Å²) in [4.78, 5) is 0. The van der Waals surface area contributed by atoms with Crippen molar-refractivity contribution in [3.05, 3.63) is 52.3 Å². The minimum absolute atomic E-state index is 0.00556. The molecule has 1 unspecified atom stereocenters. The zero-order chi connectivity index (χ0) is 12.3. The third kappa shape index (κ3) is 2.96. The van der Waals surface area contributed by atoms with E-state index in [1.807, 2.05) is 35.3 Å². The maximum absolute atomic E-state index is 6.19. The van der Waals surface area contributed by atoms with Crippen LogP contribution in [0.25, 0.3) is 0 Å². The van der Waals surface area contributed by atoms with Crippen LogP contribution in [0.5, 0.6) is 0 Å². The topological polar surface area (TPSA) is 43.8 Å². The number of rotatable bonds is 4. The monoisotopic (exact) mass is 293 g/mol. The van der Waals surface area contributed by atoms with Gasteiger partial charge in [0.15, 0.2) is 0 Å². The van der Waals surface area contributed by atoms with Gasteiger partial charge in [0, 0.05) is 28.8 Å². The number of aryl methyl sites for hydroxylation is 1. The van der Waals surface area contributed by atoms with E-state index in [2.05, 4.69) is 34.0 Å². The first-order valence-electron chi connectivity index (χ1n) is 5.72. The lowest BCUT2D eigenvalue weighted by atomic mass is 10.0. The zero-order valence-electron chi connectivity index (χ0n) is 9.81. The van der Waals surface area contributed by atoms with E-state index in [9.17, 15) is 0 Å². The average molecular weight is 294 g/mol. The number of halogens is 1. The SMILES string of the molecule is CCn1cc(C(N)Cc2ccccc2Br)cn1. The van der Waals surface area contributed by atoms with Crippen LogP contribution in [-0.4, -0.2) is 9.78 Å². The molecule has 1 aromatic carbocycles. The lowest BCUT2D eigenvalue weighted by Gasteiger charge is -2.10. The Labute approximate surface area is 110 Å². The van der Waals surface area contributed by atoms with Crippen molar-refractivity contribution in [3.8, 4) is 0 Å². The first-order chi connectivity index (χ1) is 8.20. The molecule has 0 bridgehead atoms. The van der Waals surface area contributed by atoms with Gasteiger partial charge in [0.1, 0.15) is 0 Å². The molecule has 1 heterocycles. The predicted octanol–water partition coefficient (Wildman–Crippen LogP) is 2.91. The van der Waals surface area contributed by atoms with Crippen molar-refractivity contribution in [1.29, 1.82) is 0 Å². The van der Waals surface area contributed by atoms with Crippen LogP contribution >= 0.6 is 15.9 Å². The number of hydrogen-bond donors (Lipinski definition) is 1. The molecule has 3 nitrogen and oxygen atoms in total. The molecule has 0 amide bonds. The maximum Gasteiger partial charge on any atom is 0.0537 e. The number of benzene rings is 1. The van der Waals surface area contributed by atoms with Gasteiger partial charge < -0.3 is 5.73 Å². The molecule has 1 atom stereocenters. The van der Waals surface area contributed by atoms with E-state index in [-0.39, 0.29) is 6.04 Å². The molecule has 17 heavy (non-hydrogen) atoms. The Balaban J connectivity index is 2.11. The van der Waals surface area contributed by atoms with Gasteiger partial charge in [0.05, 0.1) is 6.20 Å². The van der Waals surface area contributed by atoms with Crippen molar-refractivity contribution in [2.45, 2.75) is 25.9 Å². The van der Waals surface area contributed by atoms with Gasteiger partial charge in [-0.3, -0.25) is 4.68 Å². The Kier molecular flexibility index (Phi) is 3.97. The quantitative estimate of drug-likeness (QED) is 0.942. The van der Waals surface area contributed by atoms with Gasteiger partial charge in [0.25, 0.3) is 0 Å². The molecule has 0 spiro atoms. The number of nitrogens with zero attached hydrogens (tertiary/aromatic N) is 2. The third-order valence-electron chi connectivity index (χ3n) is 2.80. The van der Waals surface area contributed by atoms with Crippen LogP contribution in [-0.2, 0) is 13.0 Å². The minimum atomic E-state index is -0.00556. The standard InChI is InChI=1S/C13H16BrN3/c1-2-17-9-11(8-16-17)13(15)7-10-5-3-4-6-12(10)14/h3-6,8-9,13H,2,7,15H2,1H3. The fourth-order valence-corrected chi connectivity index (χ4v) is 2.21. The van der Waals surface area contributed by atoms with E-state index in [1.54, 1.807) is 0 Å². The third-order valence-corrected chi connectivity index (χ3v) is 3.58. The first kappa shape index (κ1) is 12.3. The van der Waals surface area contributed by atoms with Gasteiger partial charge in [-0.25, -0.2) is 0 Å². The molecule has 4 heteroatoms. The van der Waals surface area contributed by atoms with E-state index in [0.29, 0.717) is 0 Å². The molecule has 0 fully saturated rings. The molecule has 0 aliphatic heterocycles. The normalized spacial score (nSPS) is 12.6. The zero-order valence-corrected chi connectivity index (χ0v) is 11.4. The number of nitrogens with two attached hydrogens (primary N) is 1. The molecule has 0 saturated carbocycles. The van der Waals surface area contributed by atoms with Crippen LogP contribution in [0.15, 0.2) is 41.1 Å². The summed E-state index contributed by atoms with van der Waals surface area (Å²) in [6, 6.07) is 8.16. The molecule has 90 valence electrons. The van der Waals surface area contributed by atoms with Gasteiger partial charge in [-0.2, -0.15) is 5.10 Å². The highest BCUT2D eigenvalue weighted by molar-refractivity contribution is 9.10. The Hall–Kier alpha value is -1.13. The van der Waals surface area contributed by atoms with Crippen LogP contribution in [0.2, 0.25) is 0 Å². The minimum Gasteiger partial charge on any atom is -0.324 e. The summed E-state index contributed by atoms with van der Waals surface area (Å²) in [5, 5.41) is 4.24. The Morgan fingerprint density at radius 3 is 2.82 bits per heavy atom. The highest BCUT2D eigenvalue weighted by Crippen LogP contribution is 2.22. The van der Waals surface area contributed by atoms with Crippen molar-refractivity contribution in [2.75, 3.05) is 0 Å². The van der Waals surface area contributed by atoms with Gasteiger partial charge in [0.2, 0.25) is 0 Å². The summed E-state index contributed by atoms with van der Waals surface area (Å²) in [5.41, 5.74) is 8.50. The van der Waals surface area contributed by atoms with Crippen LogP contribution in [0.3, 0.4) is 0 Å². The second-order valence-electron chi connectivity index (χ2n) is 4.03. The van der Waals surface area contributed by atoms with Crippen molar-refractivity contribution in [1.82, 2.24) is 9.78 Å². The summed E-state index contributed by atoms with van der Waals surface area (Å²) >= 11 is 3.54. The van der Waals surface area contributed by atoms with E-state index in [0.717, 1.165) is 23.0 Å². The fraction of sp³-hybridized carbons (Fsp3) is 0.308. The summed E-state index contributed by atoms with van der Waals surface area (Å²) < 4.78 is 3.01. The Morgan fingerprint density at radius 2 is 2.18 bits per heavy atom. The fourth-order valence-electron chi connectivity index (χ4n) is 1.76. The molecule has 2 aromatic rings. The number of aromatic nitrogens is 2. The van der Waals surface area contributed by atoms with Crippen molar-refractivity contribution >= 4 is 15.9 Å². The van der Waals surface area contributed by atoms with Crippen LogP contribution in [0, 0.1) is 0 Å². The van der Waals surface area contributed by atoms with E-state index >= 15 is 0 Å².